The van der Waals surface area contributed by atoms with Crippen molar-refractivity contribution in [1.82, 2.24) is 25.3 Å². The summed E-state index contributed by atoms with van der Waals surface area (Å²) >= 11 is 0. The molecule has 0 spiro atoms. The van der Waals surface area contributed by atoms with Gasteiger partial charge in [-0.2, -0.15) is 10.1 Å². The number of aromatic amines is 1. The van der Waals surface area contributed by atoms with Gasteiger partial charge in [0.15, 0.2) is 12.0 Å². The molecule has 2 fully saturated rings. The average molecular weight is 417 g/mol. The number of aromatic nitrogens is 2. The smallest absolute Gasteiger partial charge is 0.284 e. The summed E-state index contributed by atoms with van der Waals surface area (Å²) in [5.41, 5.74) is 3.75. The van der Waals surface area contributed by atoms with Gasteiger partial charge in [-0.05, 0) is 35.4 Å². The van der Waals surface area contributed by atoms with Crippen molar-refractivity contribution in [3.05, 3.63) is 66.0 Å². The summed E-state index contributed by atoms with van der Waals surface area (Å²) in [4.78, 5) is 11.5. The number of piperazine rings is 1. The van der Waals surface area contributed by atoms with Crippen molar-refractivity contribution in [3.8, 4) is 0 Å². The van der Waals surface area contributed by atoms with E-state index in [1.54, 1.807) is 0 Å². The van der Waals surface area contributed by atoms with Crippen LogP contribution in [0, 0.1) is 0 Å². The molecule has 1 aliphatic carbocycles. The molecular formula is C23H28N8+. The van der Waals surface area contributed by atoms with Gasteiger partial charge in [0.2, 0.25) is 0 Å². The van der Waals surface area contributed by atoms with Gasteiger partial charge < -0.3 is 10.2 Å². The maximum absolute atomic E-state index is 4.58. The number of aliphatic imine (C=N–C) groups is 1. The lowest BCUT2D eigenvalue weighted by molar-refractivity contribution is 0.233. The van der Waals surface area contributed by atoms with Crippen LogP contribution in [0.4, 0.5) is 11.5 Å². The number of nitrogens with one attached hydrogen (secondary N) is 3. The zero-order valence-electron chi connectivity index (χ0n) is 17.6. The molecule has 8 nitrogen and oxygen atoms in total. The van der Waals surface area contributed by atoms with Crippen molar-refractivity contribution in [2.45, 2.75) is 25.3 Å². The fourth-order valence-electron chi connectivity index (χ4n) is 4.43. The van der Waals surface area contributed by atoms with E-state index in [0.29, 0.717) is 5.92 Å². The maximum atomic E-state index is 4.58. The van der Waals surface area contributed by atoms with Crippen LogP contribution in [-0.2, 0) is 6.54 Å². The predicted molar refractivity (Wildman–Crippen MR) is 123 cm³/mol. The van der Waals surface area contributed by atoms with Crippen LogP contribution >= 0.6 is 0 Å². The molecule has 1 aromatic heterocycles. The number of benzene rings is 1. The SMILES string of the molecule is C1=C[N+]2C(Nc3cc(C4CC4)[nH]n3)=CN(c3cccc(CN4CCNCC4)c3)CC2=N1. The highest BCUT2D eigenvalue weighted by Gasteiger charge is 2.38. The molecule has 159 valence electrons. The van der Waals surface area contributed by atoms with Crippen LogP contribution in [0.2, 0.25) is 0 Å². The van der Waals surface area contributed by atoms with E-state index in [2.05, 4.69) is 77.1 Å². The quantitative estimate of drug-likeness (QED) is 0.631. The highest BCUT2D eigenvalue weighted by atomic mass is 15.4. The van der Waals surface area contributed by atoms with Gasteiger partial charge in [0, 0.05) is 56.1 Å². The van der Waals surface area contributed by atoms with E-state index in [0.717, 1.165) is 56.7 Å². The first-order valence-corrected chi connectivity index (χ1v) is 11.2. The van der Waals surface area contributed by atoms with Crippen molar-refractivity contribution < 1.29 is 0 Å². The van der Waals surface area contributed by atoms with E-state index in [-0.39, 0.29) is 0 Å². The molecule has 1 saturated heterocycles. The number of fused-ring (bicyclic) bond motifs is 1. The van der Waals surface area contributed by atoms with E-state index in [1.165, 1.54) is 29.8 Å². The molecule has 0 atom stereocenters. The van der Waals surface area contributed by atoms with Crippen LogP contribution in [0.15, 0.2) is 59.7 Å². The number of nitrogens with zero attached hydrogens (tertiary/aromatic N) is 5. The molecule has 8 heteroatoms. The molecule has 31 heavy (non-hydrogen) atoms. The second-order valence-corrected chi connectivity index (χ2v) is 8.66. The number of amidine groups is 1. The van der Waals surface area contributed by atoms with Crippen molar-refractivity contribution in [1.29, 1.82) is 0 Å². The first-order valence-electron chi connectivity index (χ1n) is 11.2. The third kappa shape index (κ3) is 4.01. The van der Waals surface area contributed by atoms with Crippen molar-refractivity contribution in [3.63, 3.8) is 0 Å². The van der Waals surface area contributed by atoms with Crippen molar-refractivity contribution in [2.24, 2.45) is 4.99 Å². The zero-order valence-corrected chi connectivity index (χ0v) is 17.6. The Bertz CT molecular complexity index is 1040. The molecule has 3 aliphatic heterocycles. The molecule has 1 aromatic carbocycles. The minimum Gasteiger partial charge on any atom is -0.329 e. The molecule has 4 heterocycles. The molecule has 0 amide bonds. The Morgan fingerprint density at radius 3 is 2.94 bits per heavy atom. The Hall–Kier alpha value is -2.94. The first-order chi connectivity index (χ1) is 15.3. The minimum absolute atomic E-state index is 0.655. The number of rotatable bonds is 6. The second-order valence-electron chi connectivity index (χ2n) is 8.66. The lowest BCUT2D eigenvalue weighted by atomic mass is 10.1. The van der Waals surface area contributed by atoms with Crippen LogP contribution in [0.3, 0.4) is 0 Å². The molecule has 2 aromatic rings. The van der Waals surface area contributed by atoms with Gasteiger partial charge >= 0.3 is 0 Å². The Morgan fingerprint density at radius 2 is 2.06 bits per heavy atom. The molecular weight excluding hydrogens is 388 g/mol. The van der Waals surface area contributed by atoms with Gasteiger partial charge in [-0.1, -0.05) is 12.1 Å². The summed E-state index contributed by atoms with van der Waals surface area (Å²) in [5, 5.41) is 14.6. The monoisotopic (exact) mass is 416 g/mol. The molecule has 0 unspecified atom stereocenters. The average Bonchev–Trinajstić information content (AvgIpc) is 3.35. The van der Waals surface area contributed by atoms with Crippen LogP contribution in [0.5, 0.6) is 0 Å². The number of hydrogen-bond donors (Lipinski definition) is 3. The van der Waals surface area contributed by atoms with Gasteiger partial charge in [-0.3, -0.25) is 15.3 Å². The second kappa shape index (κ2) is 7.96. The van der Waals surface area contributed by atoms with Crippen LogP contribution in [0.25, 0.3) is 0 Å². The fourth-order valence-corrected chi connectivity index (χ4v) is 4.43. The zero-order chi connectivity index (χ0) is 20.6. The predicted octanol–water partition coefficient (Wildman–Crippen LogP) is 2.45. The standard InChI is InChI=1S/C23H28N8/c1-2-17(14-29-9-6-24-7-10-29)12-19(3-1)30-15-22-25-8-11-31(22)23(16-30)26-21-13-20(27-28-21)18-4-5-18/h1-3,8,11-13,16,18,24H,4-7,9-10,14-15H2,(H2,26,27,28)/q+1. The largest absolute Gasteiger partial charge is 0.329 e. The van der Waals surface area contributed by atoms with Gasteiger partial charge in [0.1, 0.15) is 6.54 Å². The number of H-pyrrole nitrogens is 1. The molecule has 4 aliphatic rings. The lowest BCUT2D eigenvalue weighted by Crippen LogP contribution is -2.45. The van der Waals surface area contributed by atoms with Crippen LogP contribution in [-0.4, -0.2) is 53.7 Å². The minimum atomic E-state index is 0.655. The molecule has 3 N–H and O–H groups in total. The van der Waals surface area contributed by atoms with Gasteiger partial charge in [-0.15, -0.1) is 0 Å². The Kier molecular flexibility index (Phi) is 4.82. The summed E-state index contributed by atoms with van der Waals surface area (Å²) < 4.78 is 0. The van der Waals surface area contributed by atoms with E-state index in [1.807, 2.05) is 12.4 Å². The summed E-state index contributed by atoms with van der Waals surface area (Å²) in [6, 6.07) is 11.0. The first kappa shape index (κ1) is 18.8. The fraction of sp³-hybridized carbons (Fsp3) is 0.391. The Morgan fingerprint density at radius 1 is 1.16 bits per heavy atom. The molecule has 0 bridgehead atoms. The maximum Gasteiger partial charge on any atom is 0.284 e. The van der Waals surface area contributed by atoms with Gasteiger partial charge in [0.05, 0.1) is 12.4 Å². The lowest BCUT2D eigenvalue weighted by Gasteiger charge is -2.28. The third-order valence-corrected chi connectivity index (χ3v) is 6.30. The molecule has 1 radical (unpaired) electrons. The van der Waals surface area contributed by atoms with Crippen molar-refractivity contribution in [2.75, 3.05) is 42.9 Å². The van der Waals surface area contributed by atoms with Crippen molar-refractivity contribution >= 4 is 17.3 Å². The Labute approximate surface area is 182 Å². The van der Waals surface area contributed by atoms with Gasteiger partial charge in [-0.25, -0.2) is 0 Å². The van der Waals surface area contributed by atoms with E-state index >= 15 is 0 Å². The topological polar surface area (TPSA) is 77.5 Å². The van der Waals surface area contributed by atoms with Crippen LogP contribution < -0.4 is 20.4 Å². The van der Waals surface area contributed by atoms with E-state index in [4.69, 9.17) is 0 Å². The molecule has 6 rings (SSSR count). The highest BCUT2D eigenvalue weighted by molar-refractivity contribution is 5.96. The van der Waals surface area contributed by atoms with Gasteiger partial charge in [0.25, 0.3) is 11.7 Å². The third-order valence-electron chi connectivity index (χ3n) is 6.30. The number of anilines is 2. The van der Waals surface area contributed by atoms with E-state index < -0.39 is 0 Å². The van der Waals surface area contributed by atoms with E-state index in [9.17, 15) is 0 Å². The summed E-state index contributed by atoms with van der Waals surface area (Å²) in [6.07, 6.45) is 8.53. The summed E-state index contributed by atoms with van der Waals surface area (Å²) in [7, 11) is 0. The highest BCUT2D eigenvalue weighted by Crippen LogP contribution is 2.39. The summed E-state index contributed by atoms with van der Waals surface area (Å²) in [6.45, 7) is 6.08. The molecule has 1 saturated carbocycles. The summed E-state index contributed by atoms with van der Waals surface area (Å²) in [5.74, 6) is 3.47. The Balaban J connectivity index is 1.23. The van der Waals surface area contributed by atoms with Crippen LogP contribution in [0.1, 0.15) is 30.0 Å². The normalized spacial score (nSPS) is 21.7. The number of hydrogen-bond acceptors (Lipinski definition) is 7.